The van der Waals surface area contributed by atoms with Crippen molar-refractivity contribution in [3.05, 3.63) is 35.4 Å². The quantitative estimate of drug-likeness (QED) is 0.905. The molecule has 0 bridgehead atoms. The molecule has 0 aromatic heterocycles. The molecule has 0 spiro atoms. The summed E-state index contributed by atoms with van der Waals surface area (Å²) >= 11 is 0. The topological polar surface area (TPSA) is 40.5 Å². The Morgan fingerprint density at radius 2 is 1.85 bits per heavy atom. The van der Waals surface area contributed by atoms with Gasteiger partial charge in [0.05, 0.1) is 5.56 Å². The Labute approximate surface area is 121 Å². The summed E-state index contributed by atoms with van der Waals surface area (Å²) in [6.45, 7) is 0.839. The predicted molar refractivity (Wildman–Crippen MR) is 81.0 cm³/mol. The maximum atomic E-state index is 11.0. The van der Waals surface area contributed by atoms with E-state index in [0.29, 0.717) is 11.6 Å². The number of aromatic carboxylic acids is 1. The first-order valence-electron chi connectivity index (χ1n) is 7.69. The number of hydrogen-bond acceptors (Lipinski definition) is 2. The molecule has 2 rings (SSSR count). The van der Waals surface area contributed by atoms with Gasteiger partial charge < -0.3 is 5.11 Å². The highest BCUT2D eigenvalue weighted by Crippen LogP contribution is 2.22. The van der Waals surface area contributed by atoms with Gasteiger partial charge in [0.2, 0.25) is 0 Å². The molecule has 1 aliphatic rings. The zero-order valence-corrected chi connectivity index (χ0v) is 12.3. The van der Waals surface area contributed by atoms with Gasteiger partial charge in [0.1, 0.15) is 0 Å². The predicted octanol–water partition coefficient (Wildman–Crippen LogP) is 3.93. The Hall–Kier alpha value is -1.35. The highest BCUT2D eigenvalue weighted by molar-refractivity contribution is 5.87. The summed E-state index contributed by atoms with van der Waals surface area (Å²) < 4.78 is 0. The van der Waals surface area contributed by atoms with Crippen LogP contribution in [0.4, 0.5) is 0 Å². The summed E-state index contributed by atoms with van der Waals surface area (Å²) in [5.74, 6) is -0.847. The van der Waals surface area contributed by atoms with E-state index in [9.17, 15) is 4.79 Å². The fourth-order valence-electron chi connectivity index (χ4n) is 3.10. The van der Waals surface area contributed by atoms with E-state index in [4.69, 9.17) is 5.11 Å². The highest BCUT2D eigenvalue weighted by Gasteiger charge is 2.16. The lowest BCUT2D eigenvalue weighted by Crippen LogP contribution is -2.31. The fraction of sp³-hybridized carbons (Fsp3) is 0.588. The van der Waals surface area contributed by atoms with Gasteiger partial charge in [-0.25, -0.2) is 4.79 Å². The van der Waals surface area contributed by atoms with E-state index >= 15 is 0 Å². The van der Waals surface area contributed by atoms with Gasteiger partial charge in [0.25, 0.3) is 0 Å². The zero-order valence-electron chi connectivity index (χ0n) is 12.3. The Kier molecular flexibility index (Phi) is 5.60. The van der Waals surface area contributed by atoms with Gasteiger partial charge in [-0.05, 0) is 37.6 Å². The SMILES string of the molecule is CN(Cc1cccc(C(=O)O)c1)C1CCCCCCC1. The summed E-state index contributed by atoms with van der Waals surface area (Å²) in [6, 6.07) is 7.95. The van der Waals surface area contributed by atoms with Crippen LogP contribution in [0, 0.1) is 0 Å². The minimum atomic E-state index is -0.847. The molecule has 0 atom stereocenters. The molecule has 1 aliphatic carbocycles. The lowest BCUT2D eigenvalue weighted by molar-refractivity contribution is 0.0696. The van der Waals surface area contributed by atoms with E-state index in [1.807, 2.05) is 12.1 Å². The molecule has 1 aromatic rings. The first-order valence-corrected chi connectivity index (χ1v) is 7.69. The third-order valence-electron chi connectivity index (χ3n) is 4.30. The van der Waals surface area contributed by atoms with E-state index in [0.717, 1.165) is 12.1 Å². The Morgan fingerprint density at radius 1 is 1.20 bits per heavy atom. The van der Waals surface area contributed by atoms with Crippen molar-refractivity contribution in [2.75, 3.05) is 7.05 Å². The molecule has 0 unspecified atom stereocenters. The minimum Gasteiger partial charge on any atom is -0.478 e. The van der Waals surface area contributed by atoms with Crippen LogP contribution >= 0.6 is 0 Å². The summed E-state index contributed by atoms with van der Waals surface area (Å²) in [5, 5.41) is 9.05. The fourth-order valence-corrected chi connectivity index (χ4v) is 3.10. The summed E-state index contributed by atoms with van der Waals surface area (Å²) in [4.78, 5) is 13.4. The number of benzene rings is 1. The molecule has 1 N–H and O–H groups in total. The Balaban J connectivity index is 1.97. The first-order chi connectivity index (χ1) is 9.66. The minimum absolute atomic E-state index is 0.383. The molecular weight excluding hydrogens is 250 g/mol. The van der Waals surface area contributed by atoms with Crippen LogP contribution in [0.25, 0.3) is 0 Å². The second kappa shape index (κ2) is 7.44. The molecule has 110 valence electrons. The van der Waals surface area contributed by atoms with Crippen LogP contribution < -0.4 is 0 Å². The van der Waals surface area contributed by atoms with Crippen molar-refractivity contribution < 1.29 is 9.90 Å². The van der Waals surface area contributed by atoms with E-state index in [1.165, 1.54) is 44.9 Å². The van der Waals surface area contributed by atoms with Crippen molar-refractivity contribution in [1.82, 2.24) is 4.90 Å². The summed E-state index contributed by atoms with van der Waals surface area (Å²) in [5.41, 5.74) is 1.48. The average molecular weight is 275 g/mol. The number of carboxylic acid groups (broad SMARTS) is 1. The van der Waals surface area contributed by atoms with Crippen LogP contribution in [0.15, 0.2) is 24.3 Å². The number of hydrogen-bond donors (Lipinski definition) is 1. The van der Waals surface area contributed by atoms with Crippen molar-refractivity contribution in [3.8, 4) is 0 Å². The van der Waals surface area contributed by atoms with Crippen LogP contribution in [0.1, 0.15) is 60.9 Å². The Morgan fingerprint density at radius 3 is 2.50 bits per heavy atom. The molecule has 1 fully saturated rings. The number of carboxylic acids is 1. The van der Waals surface area contributed by atoms with Crippen LogP contribution in [-0.4, -0.2) is 29.1 Å². The normalized spacial score (nSPS) is 17.7. The maximum Gasteiger partial charge on any atom is 0.335 e. The van der Waals surface area contributed by atoms with E-state index in [1.54, 1.807) is 12.1 Å². The molecule has 0 radical (unpaired) electrons. The smallest absolute Gasteiger partial charge is 0.335 e. The van der Waals surface area contributed by atoms with Crippen molar-refractivity contribution in [2.24, 2.45) is 0 Å². The standard InChI is InChI=1S/C17H25NO2/c1-18(16-10-5-3-2-4-6-11-16)13-14-8-7-9-15(12-14)17(19)20/h7-9,12,16H,2-6,10-11,13H2,1H3,(H,19,20). The first kappa shape index (κ1) is 15.0. The van der Waals surface area contributed by atoms with Gasteiger partial charge in [-0.3, -0.25) is 4.90 Å². The molecular formula is C17H25NO2. The largest absolute Gasteiger partial charge is 0.478 e. The number of nitrogens with zero attached hydrogens (tertiary/aromatic N) is 1. The van der Waals surface area contributed by atoms with Crippen LogP contribution in [0.2, 0.25) is 0 Å². The maximum absolute atomic E-state index is 11.0. The van der Waals surface area contributed by atoms with E-state index in [-0.39, 0.29) is 0 Å². The third-order valence-corrected chi connectivity index (χ3v) is 4.30. The van der Waals surface area contributed by atoms with Crippen molar-refractivity contribution in [2.45, 2.75) is 57.5 Å². The number of carbonyl (C=O) groups is 1. The van der Waals surface area contributed by atoms with Crippen LogP contribution in [0.5, 0.6) is 0 Å². The summed E-state index contributed by atoms with van der Waals surface area (Å²) in [7, 11) is 2.17. The van der Waals surface area contributed by atoms with Gasteiger partial charge in [0.15, 0.2) is 0 Å². The van der Waals surface area contributed by atoms with Gasteiger partial charge in [0, 0.05) is 12.6 Å². The molecule has 20 heavy (non-hydrogen) atoms. The molecule has 0 amide bonds. The van der Waals surface area contributed by atoms with Crippen molar-refractivity contribution >= 4 is 5.97 Å². The third kappa shape index (κ3) is 4.34. The molecule has 3 heteroatoms. The molecule has 0 heterocycles. The lowest BCUT2D eigenvalue weighted by Gasteiger charge is -2.29. The highest BCUT2D eigenvalue weighted by atomic mass is 16.4. The zero-order chi connectivity index (χ0) is 14.4. The van der Waals surface area contributed by atoms with E-state index < -0.39 is 5.97 Å². The Bertz CT molecular complexity index is 436. The van der Waals surface area contributed by atoms with E-state index in [2.05, 4.69) is 11.9 Å². The lowest BCUT2D eigenvalue weighted by atomic mass is 9.95. The molecule has 0 aliphatic heterocycles. The van der Waals surface area contributed by atoms with Gasteiger partial charge in [-0.15, -0.1) is 0 Å². The van der Waals surface area contributed by atoms with Crippen molar-refractivity contribution in [3.63, 3.8) is 0 Å². The second-order valence-corrected chi connectivity index (χ2v) is 5.92. The van der Waals surface area contributed by atoms with Crippen molar-refractivity contribution in [1.29, 1.82) is 0 Å². The van der Waals surface area contributed by atoms with Crippen LogP contribution in [0.3, 0.4) is 0 Å². The monoisotopic (exact) mass is 275 g/mol. The van der Waals surface area contributed by atoms with Gasteiger partial charge in [-0.1, -0.05) is 44.2 Å². The molecule has 1 saturated carbocycles. The summed E-state index contributed by atoms with van der Waals surface area (Å²) in [6.07, 6.45) is 9.30. The van der Waals surface area contributed by atoms with Crippen LogP contribution in [-0.2, 0) is 6.54 Å². The number of rotatable bonds is 4. The molecule has 3 nitrogen and oxygen atoms in total. The molecule has 0 saturated heterocycles. The molecule has 1 aromatic carbocycles. The second-order valence-electron chi connectivity index (χ2n) is 5.92. The van der Waals surface area contributed by atoms with Gasteiger partial charge in [-0.2, -0.15) is 0 Å². The average Bonchev–Trinajstić information content (AvgIpc) is 2.38. The van der Waals surface area contributed by atoms with Gasteiger partial charge >= 0.3 is 5.97 Å².